The summed E-state index contributed by atoms with van der Waals surface area (Å²) in [6, 6.07) is 5.17. The number of halogens is 2. The third-order valence-electron chi connectivity index (χ3n) is 5.18. The Morgan fingerprint density at radius 1 is 1.32 bits per heavy atom. The van der Waals surface area contributed by atoms with Gasteiger partial charge in [0.15, 0.2) is 5.65 Å². The molecule has 0 radical (unpaired) electrons. The first-order valence-corrected chi connectivity index (χ1v) is 9.43. The Bertz CT molecular complexity index is 1050. The zero-order valence-electron chi connectivity index (χ0n) is 16.1. The minimum Gasteiger partial charge on any atom is -0.349 e. The summed E-state index contributed by atoms with van der Waals surface area (Å²) in [5.41, 5.74) is 2.79. The molecule has 3 aromatic rings. The standard InChI is InChI=1S/C21H22F2N4O/c1-11(9-14-16(22)5-4-6-17(14)23)24-21(28)15-10-18(13-7-8-13)25-20-19(15)12(2)26-27(20)3/h4-6,10-11,13H,7-9H2,1-3H3,(H,24,28). The van der Waals surface area contributed by atoms with Gasteiger partial charge in [-0.05, 0) is 51.3 Å². The number of carbonyl (C=O) groups is 1. The summed E-state index contributed by atoms with van der Waals surface area (Å²) in [6.45, 7) is 3.58. The van der Waals surface area contributed by atoms with Crippen LogP contribution in [0.4, 0.5) is 8.78 Å². The Balaban J connectivity index is 1.63. The Hall–Kier alpha value is -2.83. The van der Waals surface area contributed by atoms with Gasteiger partial charge in [-0.15, -0.1) is 0 Å². The van der Waals surface area contributed by atoms with Crippen LogP contribution in [0.3, 0.4) is 0 Å². The second-order valence-electron chi connectivity index (χ2n) is 7.56. The quantitative estimate of drug-likeness (QED) is 0.728. The molecule has 1 aromatic carbocycles. The van der Waals surface area contributed by atoms with Crippen LogP contribution in [0.25, 0.3) is 11.0 Å². The van der Waals surface area contributed by atoms with E-state index in [1.807, 2.05) is 20.0 Å². The average Bonchev–Trinajstić information content (AvgIpc) is 3.44. The Morgan fingerprint density at radius 2 is 2.00 bits per heavy atom. The van der Waals surface area contributed by atoms with Crippen LogP contribution in [-0.4, -0.2) is 26.7 Å². The number of rotatable bonds is 5. The lowest BCUT2D eigenvalue weighted by atomic mass is 10.0. The van der Waals surface area contributed by atoms with Gasteiger partial charge in [-0.2, -0.15) is 5.10 Å². The first-order valence-electron chi connectivity index (χ1n) is 9.43. The SMILES string of the molecule is Cc1nn(C)c2nc(C3CC3)cc(C(=O)NC(C)Cc3c(F)cccc3F)c12. The van der Waals surface area contributed by atoms with E-state index in [-0.39, 0.29) is 17.9 Å². The Labute approximate surface area is 161 Å². The number of hydrogen-bond acceptors (Lipinski definition) is 3. The topological polar surface area (TPSA) is 59.8 Å². The molecule has 5 nitrogen and oxygen atoms in total. The zero-order valence-corrected chi connectivity index (χ0v) is 16.1. The normalized spacial score (nSPS) is 15.0. The summed E-state index contributed by atoms with van der Waals surface area (Å²) < 4.78 is 29.5. The number of hydrogen-bond donors (Lipinski definition) is 1. The fourth-order valence-electron chi connectivity index (χ4n) is 3.62. The molecule has 2 aromatic heterocycles. The van der Waals surface area contributed by atoms with Crippen molar-refractivity contribution in [2.45, 2.75) is 45.1 Å². The highest BCUT2D eigenvalue weighted by Crippen LogP contribution is 2.40. The molecule has 0 aliphatic heterocycles. The lowest BCUT2D eigenvalue weighted by molar-refractivity contribution is 0.0941. The van der Waals surface area contributed by atoms with Gasteiger partial charge in [0.2, 0.25) is 0 Å². The number of nitrogens with zero attached hydrogens (tertiary/aromatic N) is 3. The molecule has 1 atom stereocenters. The van der Waals surface area contributed by atoms with Crippen LogP contribution >= 0.6 is 0 Å². The van der Waals surface area contributed by atoms with Crippen LogP contribution < -0.4 is 5.32 Å². The number of fused-ring (bicyclic) bond motifs is 1. The summed E-state index contributed by atoms with van der Waals surface area (Å²) in [4.78, 5) is 17.7. The van der Waals surface area contributed by atoms with E-state index in [0.717, 1.165) is 24.2 Å². The molecule has 1 unspecified atom stereocenters. The smallest absolute Gasteiger partial charge is 0.252 e. The maximum atomic E-state index is 13.9. The molecular weight excluding hydrogens is 362 g/mol. The van der Waals surface area contributed by atoms with E-state index < -0.39 is 17.7 Å². The molecule has 1 fully saturated rings. The molecule has 1 aliphatic carbocycles. The summed E-state index contributed by atoms with van der Waals surface area (Å²) in [5, 5.41) is 7.99. The molecule has 1 aliphatic rings. The van der Waals surface area contributed by atoms with Crippen molar-refractivity contribution < 1.29 is 13.6 Å². The van der Waals surface area contributed by atoms with Crippen molar-refractivity contribution in [3.63, 3.8) is 0 Å². The second-order valence-corrected chi connectivity index (χ2v) is 7.56. The molecule has 2 heterocycles. The minimum atomic E-state index is -0.605. The van der Waals surface area contributed by atoms with Crippen LogP contribution in [0.2, 0.25) is 0 Å². The molecular formula is C21H22F2N4O. The fraction of sp³-hybridized carbons (Fsp3) is 0.381. The van der Waals surface area contributed by atoms with Crippen LogP contribution in [0.1, 0.15) is 53.0 Å². The van der Waals surface area contributed by atoms with E-state index in [2.05, 4.69) is 10.4 Å². The lowest BCUT2D eigenvalue weighted by Gasteiger charge is -2.16. The van der Waals surface area contributed by atoms with Crippen molar-refractivity contribution in [2.75, 3.05) is 0 Å². The molecule has 1 saturated carbocycles. The number of pyridine rings is 1. The molecule has 4 rings (SSSR count). The lowest BCUT2D eigenvalue weighted by Crippen LogP contribution is -2.34. The largest absolute Gasteiger partial charge is 0.349 e. The van der Waals surface area contributed by atoms with Gasteiger partial charge in [-0.1, -0.05) is 6.07 Å². The Kier molecular flexibility index (Phi) is 4.61. The number of aryl methyl sites for hydroxylation is 2. The van der Waals surface area contributed by atoms with Crippen molar-refractivity contribution in [1.82, 2.24) is 20.1 Å². The van der Waals surface area contributed by atoms with Crippen molar-refractivity contribution in [3.05, 3.63) is 58.4 Å². The van der Waals surface area contributed by atoms with Gasteiger partial charge in [-0.3, -0.25) is 9.48 Å². The predicted molar refractivity (Wildman–Crippen MR) is 102 cm³/mol. The molecule has 28 heavy (non-hydrogen) atoms. The monoisotopic (exact) mass is 384 g/mol. The van der Waals surface area contributed by atoms with E-state index in [1.54, 1.807) is 11.6 Å². The van der Waals surface area contributed by atoms with Crippen LogP contribution in [0.5, 0.6) is 0 Å². The van der Waals surface area contributed by atoms with Gasteiger partial charge in [0.25, 0.3) is 5.91 Å². The maximum Gasteiger partial charge on any atom is 0.252 e. The molecule has 0 spiro atoms. The molecule has 146 valence electrons. The summed E-state index contributed by atoms with van der Waals surface area (Å²) in [5.74, 6) is -1.11. The third-order valence-corrected chi connectivity index (χ3v) is 5.18. The van der Waals surface area contributed by atoms with Crippen LogP contribution in [0, 0.1) is 18.6 Å². The summed E-state index contributed by atoms with van der Waals surface area (Å²) >= 11 is 0. The summed E-state index contributed by atoms with van der Waals surface area (Å²) in [6.07, 6.45) is 2.21. The summed E-state index contributed by atoms with van der Waals surface area (Å²) in [7, 11) is 1.81. The molecule has 0 saturated heterocycles. The highest BCUT2D eigenvalue weighted by molar-refractivity contribution is 6.06. The zero-order chi connectivity index (χ0) is 20.0. The fourth-order valence-corrected chi connectivity index (χ4v) is 3.62. The maximum absolute atomic E-state index is 13.9. The van der Waals surface area contributed by atoms with Gasteiger partial charge in [0, 0.05) is 30.3 Å². The van der Waals surface area contributed by atoms with Crippen LogP contribution in [-0.2, 0) is 13.5 Å². The highest BCUT2D eigenvalue weighted by atomic mass is 19.1. The average molecular weight is 384 g/mol. The molecule has 1 N–H and O–H groups in total. The van der Waals surface area contributed by atoms with Gasteiger partial charge >= 0.3 is 0 Å². The number of benzene rings is 1. The first kappa shape index (κ1) is 18.5. The van der Waals surface area contributed by atoms with Gasteiger partial charge in [0.05, 0.1) is 16.6 Å². The Morgan fingerprint density at radius 3 is 2.64 bits per heavy atom. The van der Waals surface area contributed by atoms with Crippen molar-refractivity contribution in [2.24, 2.45) is 7.05 Å². The van der Waals surface area contributed by atoms with E-state index in [9.17, 15) is 13.6 Å². The van der Waals surface area contributed by atoms with E-state index in [1.165, 1.54) is 18.2 Å². The minimum absolute atomic E-state index is 0.0218. The second kappa shape index (κ2) is 6.96. The van der Waals surface area contributed by atoms with Crippen LogP contribution in [0.15, 0.2) is 24.3 Å². The van der Waals surface area contributed by atoms with Gasteiger partial charge in [-0.25, -0.2) is 13.8 Å². The number of amides is 1. The molecule has 0 bridgehead atoms. The van der Waals surface area contributed by atoms with E-state index >= 15 is 0 Å². The van der Waals surface area contributed by atoms with E-state index in [4.69, 9.17) is 4.98 Å². The number of carbonyl (C=O) groups excluding carboxylic acids is 1. The van der Waals surface area contributed by atoms with Gasteiger partial charge < -0.3 is 5.32 Å². The molecule has 1 amide bonds. The first-order chi connectivity index (χ1) is 13.3. The predicted octanol–water partition coefficient (Wildman–Crippen LogP) is 3.79. The molecule has 7 heteroatoms. The van der Waals surface area contributed by atoms with Gasteiger partial charge in [0.1, 0.15) is 11.6 Å². The van der Waals surface area contributed by atoms with Crippen molar-refractivity contribution >= 4 is 16.9 Å². The van der Waals surface area contributed by atoms with Crippen molar-refractivity contribution in [1.29, 1.82) is 0 Å². The highest BCUT2D eigenvalue weighted by Gasteiger charge is 2.28. The number of aromatic nitrogens is 3. The third kappa shape index (κ3) is 3.37. The number of nitrogens with one attached hydrogen (secondary N) is 1. The van der Waals surface area contributed by atoms with Crippen molar-refractivity contribution in [3.8, 4) is 0 Å². The van der Waals surface area contributed by atoms with E-state index in [0.29, 0.717) is 22.5 Å².